The van der Waals surface area contributed by atoms with Crippen molar-refractivity contribution in [3.63, 3.8) is 0 Å². The molecule has 1 aromatic heterocycles. The fourth-order valence-corrected chi connectivity index (χ4v) is 3.34. The van der Waals surface area contributed by atoms with Gasteiger partial charge in [0.1, 0.15) is 17.1 Å². The summed E-state index contributed by atoms with van der Waals surface area (Å²) >= 11 is 6.12. The van der Waals surface area contributed by atoms with E-state index in [1.165, 1.54) is 36.4 Å². The highest BCUT2D eigenvalue weighted by Gasteiger charge is 2.37. The number of nitrogens with one attached hydrogen (secondary N) is 1. The predicted octanol–water partition coefficient (Wildman–Crippen LogP) is 4.78. The second kappa shape index (κ2) is 8.14. The Hall–Kier alpha value is -4.05. The van der Waals surface area contributed by atoms with Gasteiger partial charge in [0.15, 0.2) is 0 Å². The van der Waals surface area contributed by atoms with Crippen molar-refractivity contribution >= 4 is 41.1 Å². The molecule has 168 valence electrons. The molecule has 0 atom stereocenters. The molecule has 3 aromatic rings. The molecule has 4 rings (SSSR count). The van der Waals surface area contributed by atoms with Gasteiger partial charge in [-0.2, -0.15) is 13.2 Å². The maximum Gasteiger partial charge on any atom is 0.416 e. The first-order valence-electron chi connectivity index (χ1n) is 9.22. The van der Waals surface area contributed by atoms with Crippen molar-refractivity contribution in [1.29, 1.82) is 0 Å². The molecule has 0 aliphatic carbocycles. The van der Waals surface area contributed by atoms with Crippen LogP contribution in [-0.2, 0) is 15.8 Å². The van der Waals surface area contributed by atoms with E-state index in [1.807, 2.05) is 0 Å². The van der Waals surface area contributed by atoms with Crippen LogP contribution in [0, 0.1) is 0 Å². The van der Waals surface area contributed by atoms with Crippen LogP contribution in [0.15, 0.2) is 64.6 Å². The zero-order chi connectivity index (χ0) is 23.9. The Balaban J connectivity index is 1.63. The molecule has 0 unspecified atom stereocenters. The number of aromatic carboxylic acids is 1. The van der Waals surface area contributed by atoms with Gasteiger partial charge in [-0.05, 0) is 54.6 Å². The number of hydrazine groups is 1. The summed E-state index contributed by atoms with van der Waals surface area (Å²) in [5, 5.41) is 10.1. The van der Waals surface area contributed by atoms with E-state index >= 15 is 0 Å². The van der Waals surface area contributed by atoms with E-state index < -0.39 is 29.5 Å². The number of benzene rings is 2. The fourth-order valence-electron chi connectivity index (χ4n) is 3.13. The number of halogens is 4. The number of hydrogen-bond acceptors (Lipinski definition) is 4. The van der Waals surface area contributed by atoms with E-state index in [1.54, 1.807) is 0 Å². The lowest BCUT2D eigenvalue weighted by atomic mass is 10.1. The van der Waals surface area contributed by atoms with Crippen LogP contribution in [0.3, 0.4) is 0 Å². The van der Waals surface area contributed by atoms with E-state index in [2.05, 4.69) is 5.43 Å². The number of carbonyl (C=O) groups excluding carboxylic acids is 2. The summed E-state index contributed by atoms with van der Waals surface area (Å²) in [6, 6.07) is 10.9. The van der Waals surface area contributed by atoms with E-state index in [0.29, 0.717) is 5.01 Å². The smallest absolute Gasteiger partial charge is 0.416 e. The summed E-state index contributed by atoms with van der Waals surface area (Å²) in [6.45, 7) is 0. The maximum atomic E-state index is 13.0. The first kappa shape index (κ1) is 22.2. The molecule has 1 fully saturated rings. The first-order valence-corrected chi connectivity index (χ1v) is 9.60. The summed E-state index contributed by atoms with van der Waals surface area (Å²) in [5.74, 6) is -2.60. The number of alkyl halides is 3. The Labute approximate surface area is 188 Å². The average molecular weight is 477 g/mol. The van der Waals surface area contributed by atoms with Crippen LogP contribution in [-0.4, -0.2) is 22.9 Å². The molecule has 0 bridgehead atoms. The monoisotopic (exact) mass is 476 g/mol. The van der Waals surface area contributed by atoms with Gasteiger partial charge in [-0.3, -0.25) is 15.0 Å². The van der Waals surface area contributed by atoms with Crippen LogP contribution in [0.2, 0.25) is 5.02 Å². The molecule has 1 saturated heterocycles. The Kier molecular flexibility index (Phi) is 5.46. The quantitative estimate of drug-likeness (QED) is 0.417. The number of rotatable bonds is 4. The number of carboxylic acids is 1. The third kappa shape index (κ3) is 4.33. The molecular formula is C22H12ClF3N2O5. The molecule has 7 nitrogen and oxygen atoms in total. The van der Waals surface area contributed by atoms with Crippen LogP contribution in [0.5, 0.6) is 0 Å². The summed E-state index contributed by atoms with van der Waals surface area (Å²) in [5.41, 5.74) is 0.982. The highest BCUT2D eigenvalue weighted by Crippen LogP contribution is 2.33. The lowest BCUT2D eigenvalue weighted by Crippen LogP contribution is -2.35. The molecular weight excluding hydrogens is 465 g/mol. The van der Waals surface area contributed by atoms with Gasteiger partial charge in [-0.1, -0.05) is 17.7 Å². The normalized spacial score (nSPS) is 15.3. The highest BCUT2D eigenvalue weighted by molar-refractivity contribution is 6.33. The van der Waals surface area contributed by atoms with Gasteiger partial charge in [0.05, 0.1) is 21.8 Å². The standard InChI is InChI=1S/C22H12ClF3N2O5/c23-17-6-4-11(21(31)32)8-15(17)18-7-5-14(33-18)10-16-19(29)27-28(20(16)30)13-3-1-2-12(9-13)22(24,25)26/h1-10H,(H,27,29)(H,31,32)/b16-10-. The topological polar surface area (TPSA) is 99.9 Å². The third-order valence-electron chi connectivity index (χ3n) is 4.72. The lowest BCUT2D eigenvalue weighted by molar-refractivity contribution is -0.137. The zero-order valence-corrected chi connectivity index (χ0v) is 17.1. The Morgan fingerprint density at radius 3 is 2.55 bits per heavy atom. The second-order valence-electron chi connectivity index (χ2n) is 6.89. The van der Waals surface area contributed by atoms with Crippen molar-refractivity contribution in [3.05, 3.63) is 82.1 Å². The third-order valence-corrected chi connectivity index (χ3v) is 5.04. The predicted molar refractivity (Wildman–Crippen MR) is 111 cm³/mol. The molecule has 1 aliphatic rings. The average Bonchev–Trinajstić information content (AvgIpc) is 3.33. The van der Waals surface area contributed by atoms with Crippen molar-refractivity contribution in [1.82, 2.24) is 5.43 Å². The highest BCUT2D eigenvalue weighted by atomic mass is 35.5. The molecule has 0 spiro atoms. The van der Waals surface area contributed by atoms with E-state index in [0.717, 1.165) is 24.3 Å². The van der Waals surface area contributed by atoms with Gasteiger partial charge < -0.3 is 9.52 Å². The van der Waals surface area contributed by atoms with Crippen LogP contribution < -0.4 is 10.4 Å². The van der Waals surface area contributed by atoms with Gasteiger partial charge in [0.2, 0.25) is 0 Å². The minimum absolute atomic E-state index is 0.0206. The molecule has 0 saturated carbocycles. The summed E-state index contributed by atoms with van der Waals surface area (Å²) in [7, 11) is 0. The van der Waals surface area contributed by atoms with Gasteiger partial charge in [0, 0.05) is 5.56 Å². The van der Waals surface area contributed by atoms with Crippen molar-refractivity contribution in [2.45, 2.75) is 6.18 Å². The zero-order valence-electron chi connectivity index (χ0n) is 16.3. The molecule has 2 amide bonds. The van der Waals surface area contributed by atoms with Crippen LogP contribution >= 0.6 is 11.6 Å². The number of anilines is 1. The molecule has 1 aliphatic heterocycles. The van der Waals surface area contributed by atoms with E-state index in [9.17, 15) is 27.6 Å². The molecule has 11 heteroatoms. The van der Waals surface area contributed by atoms with E-state index in [4.69, 9.17) is 21.1 Å². The maximum absolute atomic E-state index is 13.0. The largest absolute Gasteiger partial charge is 0.478 e. The summed E-state index contributed by atoms with van der Waals surface area (Å²) < 4.78 is 44.5. The van der Waals surface area contributed by atoms with Gasteiger partial charge in [0.25, 0.3) is 11.8 Å². The van der Waals surface area contributed by atoms with Crippen LogP contribution in [0.25, 0.3) is 17.4 Å². The molecule has 2 aromatic carbocycles. The number of nitrogens with zero attached hydrogens (tertiary/aromatic N) is 1. The Morgan fingerprint density at radius 2 is 1.85 bits per heavy atom. The number of furan rings is 1. The van der Waals surface area contributed by atoms with Gasteiger partial charge in [-0.25, -0.2) is 9.80 Å². The Bertz CT molecular complexity index is 1330. The summed E-state index contributed by atoms with van der Waals surface area (Å²) in [4.78, 5) is 36.2. The van der Waals surface area contributed by atoms with E-state index in [-0.39, 0.29) is 38.9 Å². The van der Waals surface area contributed by atoms with Gasteiger partial charge >= 0.3 is 12.1 Å². The Morgan fingerprint density at radius 1 is 1.09 bits per heavy atom. The van der Waals surface area contributed by atoms with Crippen molar-refractivity contribution in [3.8, 4) is 11.3 Å². The first-order chi connectivity index (χ1) is 15.5. The van der Waals surface area contributed by atoms with Crippen molar-refractivity contribution in [2.24, 2.45) is 0 Å². The molecule has 33 heavy (non-hydrogen) atoms. The number of carbonyl (C=O) groups is 3. The number of carboxylic acid groups (broad SMARTS) is 1. The van der Waals surface area contributed by atoms with Crippen LogP contribution in [0.1, 0.15) is 21.7 Å². The number of hydrogen-bond donors (Lipinski definition) is 2. The van der Waals surface area contributed by atoms with Crippen molar-refractivity contribution < 1.29 is 37.1 Å². The van der Waals surface area contributed by atoms with Crippen LogP contribution in [0.4, 0.5) is 18.9 Å². The minimum atomic E-state index is -4.62. The fraction of sp³-hybridized carbons (Fsp3) is 0.0455. The summed E-state index contributed by atoms with van der Waals surface area (Å²) in [6.07, 6.45) is -3.49. The molecule has 2 N–H and O–H groups in total. The SMILES string of the molecule is O=C1NN(c2cccc(C(F)(F)F)c2)C(=O)/C1=C\c1ccc(-c2cc(C(=O)O)ccc2Cl)o1. The molecule has 2 heterocycles. The second-order valence-corrected chi connectivity index (χ2v) is 7.30. The minimum Gasteiger partial charge on any atom is -0.478 e. The molecule has 0 radical (unpaired) electrons. The number of amides is 2. The lowest BCUT2D eigenvalue weighted by Gasteiger charge is -2.16. The van der Waals surface area contributed by atoms with Crippen molar-refractivity contribution in [2.75, 3.05) is 5.01 Å². The van der Waals surface area contributed by atoms with Gasteiger partial charge in [-0.15, -0.1) is 0 Å².